The molecule has 0 aromatic heterocycles. The van der Waals surface area contributed by atoms with Crippen LogP contribution in [0.25, 0.3) is 5.57 Å². The van der Waals surface area contributed by atoms with E-state index in [4.69, 9.17) is 14.2 Å². The Hall–Kier alpha value is -3.54. The van der Waals surface area contributed by atoms with E-state index in [9.17, 15) is 9.59 Å². The summed E-state index contributed by atoms with van der Waals surface area (Å²) in [5.41, 5.74) is 1.78. The number of methoxy groups -OCH3 is 1. The third kappa shape index (κ3) is 3.59. The van der Waals surface area contributed by atoms with Crippen LogP contribution in [0.15, 0.2) is 61.1 Å². The summed E-state index contributed by atoms with van der Waals surface area (Å²) in [5, 5.41) is 0. The lowest BCUT2D eigenvalue weighted by molar-refractivity contribution is -0.131. The molecule has 0 amide bonds. The number of hydrogen-bond donors (Lipinski definition) is 0. The maximum atomic E-state index is 11.5. The van der Waals surface area contributed by atoms with Crippen molar-refractivity contribution in [3.05, 3.63) is 72.2 Å². The molecule has 6 heteroatoms. The van der Waals surface area contributed by atoms with E-state index in [0.717, 1.165) is 5.56 Å². The van der Waals surface area contributed by atoms with E-state index in [2.05, 4.69) is 11.3 Å². The molecule has 132 valence electrons. The van der Waals surface area contributed by atoms with Gasteiger partial charge in [-0.25, -0.2) is 4.79 Å². The van der Waals surface area contributed by atoms with E-state index in [0.29, 0.717) is 34.1 Å². The molecule has 0 atom stereocenters. The quantitative estimate of drug-likeness (QED) is 0.617. The van der Waals surface area contributed by atoms with Crippen LogP contribution in [-0.4, -0.2) is 19.0 Å². The van der Waals surface area contributed by atoms with Crippen molar-refractivity contribution < 1.29 is 28.5 Å². The summed E-state index contributed by atoms with van der Waals surface area (Å²) < 4.78 is 21.1. The van der Waals surface area contributed by atoms with Gasteiger partial charge in [-0.15, -0.1) is 0 Å². The minimum atomic E-state index is -0.418. The largest absolute Gasteiger partial charge is 0.465 e. The van der Waals surface area contributed by atoms with Gasteiger partial charge in [0.25, 0.3) is 0 Å². The summed E-state index contributed by atoms with van der Waals surface area (Å²) in [6.45, 7) is 5.36. The van der Waals surface area contributed by atoms with Crippen LogP contribution in [0.1, 0.15) is 22.8 Å². The molecule has 2 aromatic carbocycles. The zero-order chi connectivity index (χ0) is 18.7. The van der Waals surface area contributed by atoms with Gasteiger partial charge in [-0.05, 0) is 36.4 Å². The van der Waals surface area contributed by atoms with Gasteiger partial charge in [-0.3, -0.25) is 4.79 Å². The lowest BCUT2D eigenvalue weighted by Crippen LogP contribution is -2.08. The minimum Gasteiger partial charge on any atom is -0.465 e. The Morgan fingerprint density at radius 3 is 2.38 bits per heavy atom. The number of ether oxygens (including phenoxy) is 4. The predicted octanol–water partition coefficient (Wildman–Crippen LogP) is 3.72. The van der Waals surface area contributed by atoms with Crippen LogP contribution in [0.3, 0.4) is 0 Å². The van der Waals surface area contributed by atoms with Crippen molar-refractivity contribution in [3.63, 3.8) is 0 Å². The summed E-state index contributed by atoms with van der Waals surface area (Å²) in [6.07, 6.45) is 1.43. The summed E-state index contributed by atoms with van der Waals surface area (Å²) in [4.78, 5) is 22.5. The zero-order valence-corrected chi connectivity index (χ0v) is 14.3. The van der Waals surface area contributed by atoms with Crippen LogP contribution in [0.5, 0.6) is 17.2 Å². The minimum absolute atomic E-state index is 0.389. The number of rotatable bonds is 4. The third-order valence-corrected chi connectivity index (χ3v) is 3.63. The SMILES string of the molecule is C=C1C(Oc2ccc(C(=O)OC)cc2)=COc2cc(OC(C)=O)ccc21. The molecule has 1 aliphatic rings. The number of fused-ring (bicyclic) bond motifs is 1. The fourth-order valence-corrected chi connectivity index (χ4v) is 2.39. The lowest BCUT2D eigenvalue weighted by Gasteiger charge is -2.20. The Balaban J connectivity index is 1.76. The average Bonchev–Trinajstić information content (AvgIpc) is 2.63. The van der Waals surface area contributed by atoms with Gasteiger partial charge < -0.3 is 18.9 Å². The van der Waals surface area contributed by atoms with E-state index in [1.807, 2.05) is 0 Å². The molecule has 0 saturated heterocycles. The van der Waals surface area contributed by atoms with Gasteiger partial charge in [0.15, 0.2) is 5.76 Å². The van der Waals surface area contributed by atoms with Crippen molar-refractivity contribution in [1.29, 1.82) is 0 Å². The number of carbonyl (C=O) groups is 2. The first-order chi connectivity index (χ1) is 12.5. The fourth-order valence-electron chi connectivity index (χ4n) is 2.39. The van der Waals surface area contributed by atoms with Gasteiger partial charge in [-0.2, -0.15) is 0 Å². The van der Waals surface area contributed by atoms with Gasteiger partial charge in [0, 0.05) is 24.1 Å². The van der Waals surface area contributed by atoms with Gasteiger partial charge >= 0.3 is 11.9 Å². The Kier molecular flexibility index (Phi) is 4.75. The van der Waals surface area contributed by atoms with Gasteiger partial charge in [0.2, 0.25) is 0 Å². The summed E-state index contributed by atoms with van der Waals surface area (Å²) in [7, 11) is 1.32. The highest BCUT2D eigenvalue weighted by Crippen LogP contribution is 2.37. The molecule has 0 N–H and O–H groups in total. The van der Waals surface area contributed by atoms with Crippen LogP contribution < -0.4 is 14.2 Å². The monoisotopic (exact) mass is 352 g/mol. The van der Waals surface area contributed by atoms with Crippen molar-refractivity contribution in [1.82, 2.24) is 0 Å². The van der Waals surface area contributed by atoms with Gasteiger partial charge in [0.1, 0.15) is 23.5 Å². The average molecular weight is 352 g/mol. The molecular formula is C20H16O6. The lowest BCUT2D eigenvalue weighted by atomic mass is 10.0. The molecule has 2 aromatic rings. The van der Waals surface area contributed by atoms with Crippen molar-refractivity contribution in [3.8, 4) is 17.2 Å². The second kappa shape index (κ2) is 7.14. The van der Waals surface area contributed by atoms with Gasteiger partial charge in [0.05, 0.1) is 12.7 Å². The Bertz CT molecular complexity index is 908. The highest BCUT2D eigenvalue weighted by Gasteiger charge is 2.20. The van der Waals surface area contributed by atoms with Crippen molar-refractivity contribution in [2.45, 2.75) is 6.92 Å². The summed E-state index contributed by atoms with van der Waals surface area (Å²) >= 11 is 0. The van der Waals surface area contributed by atoms with E-state index >= 15 is 0 Å². The van der Waals surface area contributed by atoms with E-state index < -0.39 is 11.9 Å². The maximum absolute atomic E-state index is 11.5. The standard InChI is InChI=1S/C20H16O6/c1-12-17-9-8-16(25-13(2)21)10-18(17)24-11-19(12)26-15-6-4-14(5-7-15)20(22)23-3/h4-11H,1H2,2-3H3. The van der Waals surface area contributed by atoms with Crippen LogP contribution in [0.2, 0.25) is 0 Å². The first-order valence-electron chi connectivity index (χ1n) is 7.73. The van der Waals surface area contributed by atoms with Crippen LogP contribution in [-0.2, 0) is 9.53 Å². The van der Waals surface area contributed by atoms with Crippen LogP contribution >= 0.6 is 0 Å². The Labute approximate surface area is 150 Å². The molecule has 0 radical (unpaired) electrons. The summed E-state index contributed by atoms with van der Waals surface area (Å²) in [6, 6.07) is 11.5. The number of benzene rings is 2. The second-order valence-electron chi connectivity index (χ2n) is 5.45. The number of esters is 2. The molecule has 26 heavy (non-hydrogen) atoms. The number of carbonyl (C=O) groups excluding carboxylic acids is 2. The highest BCUT2D eigenvalue weighted by molar-refractivity contribution is 5.89. The normalized spacial score (nSPS) is 12.4. The Morgan fingerprint density at radius 2 is 1.73 bits per heavy atom. The molecule has 0 bridgehead atoms. The smallest absolute Gasteiger partial charge is 0.337 e. The van der Waals surface area contributed by atoms with Crippen molar-refractivity contribution in [2.24, 2.45) is 0 Å². The molecule has 6 nitrogen and oxygen atoms in total. The molecule has 3 rings (SSSR count). The van der Waals surface area contributed by atoms with Crippen LogP contribution in [0.4, 0.5) is 0 Å². The fraction of sp³-hybridized carbons (Fsp3) is 0.100. The molecule has 1 aliphatic heterocycles. The molecule has 1 heterocycles. The summed E-state index contributed by atoms with van der Waals surface area (Å²) in [5.74, 6) is 1.03. The first kappa shape index (κ1) is 17.3. The van der Waals surface area contributed by atoms with Crippen molar-refractivity contribution in [2.75, 3.05) is 7.11 Å². The molecule has 0 unspecified atom stereocenters. The van der Waals surface area contributed by atoms with Gasteiger partial charge in [-0.1, -0.05) is 6.58 Å². The van der Waals surface area contributed by atoms with E-state index in [-0.39, 0.29) is 0 Å². The Morgan fingerprint density at radius 1 is 1.04 bits per heavy atom. The molecule has 0 saturated carbocycles. The zero-order valence-electron chi connectivity index (χ0n) is 14.3. The molecular weight excluding hydrogens is 336 g/mol. The second-order valence-corrected chi connectivity index (χ2v) is 5.45. The first-order valence-corrected chi connectivity index (χ1v) is 7.73. The van der Waals surface area contributed by atoms with Crippen molar-refractivity contribution >= 4 is 17.5 Å². The molecule has 0 spiro atoms. The topological polar surface area (TPSA) is 71.1 Å². The maximum Gasteiger partial charge on any atom is 0.337 e. The van der Waals surface area contributed by atoms with Crippen LogP contribution in [0, 0.1) is 0 Å². The predicted molar refractivity (Wildman–Crippen MR) is 93.9 cm³/mol. The number of allylic oxidation sites excluding steroid dienone is 1. The third-order valence-electron chi connectivity index (χ3n) is 3.63. The van der Waals surface area contributed by atoms with E-state index in [1.54, 1.807) is 42.5 Å². The van der Waals surface area contributed by atoms with E-state index in [1.165, 1.54) is 20.3 Å². The number of hydrogen-bond acceptors (Lipinski definition) is 6. The molecule has 0 fully saturated rings. The molecule has 0 aliphatic carbocycles. The highest BCUT2D eigenvalue weighted by atomic mass is 16.5.